The van der Waals surface area contributed by atoms with E-state index in [2.05, 4.69) is 0 Å². The predicted molar refractivity (Wildman–Crippen MR) is 50.7 cm³/mol. The zero-order valence-corrected chi connectivity index (χ0v) is 7.64. The Kier molecular flexibility index (Phi) is 2.95. The Bertz CT molecular complexity index is 282. The molecular weight excluding hydrogens is 197 g/mol. The second-order valence-electron chi connectivity index (χ2n) is 2.29. The van der Waals surface area contributed by atoms with Gasteiger partial charge < -0.3 is 5.73 Å². The molecule has 0 spiro atoms. The lowest BCUT2D eigenvalue weighted by atomic mass is 10.1. The van der Waals surface area contributed by atoms with Crippen molar-refractivity contribution >= 4 is 34.7 Å². The first-order valence-electron chi connectivity index (χ1n) is 3.29. The van der Waals surface area contributed by atoms with Crippen molar-refractivity contribution in [2.75, 3.05) is 5.73 Å². The van der Waals surface area contributed by atoms with Gasteiger partial charge in [-0.05, 0) is 24.3 Å². The highest BCUT2D eigenvalue weighted by Crippen LogP contribution is 2.13. The molecule has 0 fully saturated rings. The molecule has 0 saturated carbocycles. The average Bonchev–Trinajstić information content (AvgIpc) is 2.04. The number of carbonyl (C=O) groups excluding carboxylic acids is 1. The quantitative estimate of drug-likeness (QED) is 0.456. The van der Waals surface area contributed by atoms with E-state index in [1.165, 1.54) is 0 Å². The molecule has 0 aromatic heterocycles. The van der Waals surface area contributed by atoms with Crippen molar-refractivity contribution in [3.05, 3.63) is 29.8 Å². The molecule has 1 aromatic carbocycles. The number of hydrogen-bond donors (Lipinski definition) is 1. The molecule has 0 aliphatic heterocycles. The van der Waals surface area contributed by atoms with Crippen LogP contribution in [0.25, 0.3) is 0 Å². The minimum absolute atomic E-state index is 0.307. The topological polar surface area (TPSA) is 43.1 Å². The van der Waals surface area contributed by atoms with E-state index < -0.39 is 4.84 Å². The van der Waals surface area contributed by atoms with Crippen LogP contribution in [0.2, 0.25) is 0 Å². The monoisotopic (exact) mass is 203 g/mol. The summed E-state index contributed by atoms with van der Waals surface area (Å²) in [5.41, 5.74) is 6.50. The van der Waals surface area contributed by atoms with Crippen molar-refractivity contribution in [1.82, 2.24) is 0 Å². The number of carbonyl (C=O) groups is 1. The standard InChI is InChI=1S/C8H7Cl2NO/c9-8(10)7(12)5-1-3-6(11)4-2-5/h1-4,8H,11H2. The lowest BCUT2D eigenvalue weighted by Gasteiger charge is -2.00. The molecule has 2 nitrogen and oxygen atoms in total. The van der Waals surface area contributed by atoms with Gasteiger partial charge in [-0.25, -0.2) is 0 Å². The van der Waals surface area contributed by atoms with E-state index in [0.717, 1.165) is 0 Å². The average molecular weight is 204 g/mol. The summed E-state index contributed by atoms with van der Waals surface area (Å²) in [5, 5.41) is 0. The summed E-state index contributed by atoms with van der Waals surface area (Å²) in [5.74, 6) is -0.307. The summed E-state index contributed by atoms with van der Waals surface area (Å²) < 4.78 is 0. The number of nitrogens with two attached hydrogens (primary N) is 1. The number of rotatable bonds is 2. The van der Waals surface area contributed by atoms with Gasteiger partial charge in [0.15, 0.2) is 10.6 Å². The minimum atomic E-state index is -1.01. The van der Waals surface area contributed by atoms with Gasteiger partial charge in [0.25, 0.3) is 0 Å². The molecule has 64 valence electrons. The maximum atomic E-state index is 11.2. The van der Waals surface area contributed by atoms with Gasteiger partial charge >= 0.3 is 0 Å². The first-order chi connectivity index (χ1) is 5.61. The van der Waals surface area contributed by atoms with Gasteiger partial charge in [0, 0.05) is 11.3 Å². The van der Waals surface area contributed by atoms with Gasteiger partial charge in [-0.1, -0.05) is 23.2 Å². The zero-order valence-electron chi connectivity index (χ0n) is 6.13. The summed E-state index contributed by atoms with van der Waals surface area (Å²) in [7, 11) is 0. The van der Waals surface area contributed by atoms with E-state index in [9.17, 15) is 4.79 Å². The number of nitrogen functional groups attached to an aromatic ring is 1. The molecule has 12 heavy (non-hydrogen) atoms. The van der Waals surface area contributed by atoms with Crippen molar-refractivity contribution in [2.24, 2.45) is 0 Å². The van der Waals surface area contributed by atoms with Gasteiger partial charge in [0.1, 0.15) is 0 Å². The van der Waals surface area contributed by atoms with Crippen LogP contribution in [0.5, 0.6) is 0 Å². The van der Waals surface area contributed by atoms with Crippen molar-refractivity contribution in [3.8, 4) is 0 Å². The van der Waals surface area contributed by atoms with Crippen LogP contribution in [-0.2, 0) is 0 Å². The summed E-state index contributed by atoms with van der Waals surface area (Å²) >= 11 is 10.8. The van der Waals surface area contributed by atoms with E-state index in [1.54, 1.807) is 24.3 Å². The van der Waals surface area contributed by atoms with Crippen LogP contribution in [0.4, 0.5) is 5.69 Å². The predicted octanol–water partition coefficient (Wildman–Crippen LogP) is 2.26. The van der Waals surface area contributed by atoms with Crippen LogP contribution in [0.1, 0.15) is 10.4 Å². The molecule has 0 aliphatic carbocycles. The fourth-order valence-electron chi connectivity index (χ4n) is 0.773. The second kappa shape index (κ2) is 3.78. The van der Waals surface area contributed by atoms with Gasteiger partial charge in [-0.2, -0.15) is 0 Å². The molecule has 0 unspecified atom stereocenters. The van der Waals surface area contributed by atoms with E-state index in [4.69, 9.17) is 28.9 Å². The zero-order chi connectivity index (χ0) is 9.14. The van der Waals surface area contributed by atoms with E-state index in [1.807, 2.05) is 0 Å². The van der Waals surface area contributed by atoms with Crippen LogP contribution in [0.3, 0.4) is 0 Å². The molecule has 0 saturated heterocycles. The molecule has 0 heterocycles. The highest BCUT2D eigenvalue weighted by Gasteiger charge is 2.13. The number of alkyl halides is 2. The van der Waals surface area contributed by atoms with Crippen LogP contribution in [-0.4, -0.2) is 10.6 Å². The Balaban J connectivity index is 2.90. The number of hydrogen-bond acceptors (Lipinski definition) is 2. The Morgan fingerprint density at radius 2 is 1.75 bits per heavy atom. The van der Waals surface area contributed by atoms with Crippen molar-refractivity contribution in [3.63, 3.8) is 0 Å². The van der Waals surface area contributed by atoms with Gasteiger partial charge in [0.05, 0.1) is 0 Å². The normalized spacial score (nSPS) is 10.2. The number of benzene rings is 1. The van der Waals surface area contributed by atoms with Gasteiger partial charge in [0.2, 0.25) is 0 Å². The lowest BCUT2D eigenvalue weighted by molar-refractivity contribution is 0.101. The fraction of sp³-hybridized carbons (Fsp3) is 0.125. The Hall–Kier alpha value is -0.730. The summed E-state index contributed by atoms with van der Waals surface area (Å²) in [6.07, 6.45) is 0. The molecule has 2 N–H and O–H groups in total. The third-order valence-corrected chi connectivity index (χ3v) is 1.79. The Labute approximate surface area is 80.3 Å². The van der Waals surface area contributed by atoms with Gasteiger partial charge in [-0.15, -0.1) is 0 Å². The third-order valence-electron chi connectivity index (χ3n) is 1.39. The fourth-order valence-corrected chi connectivity index (χ4v) is 1.03. The van der Waals surface area contributed by atoms with Gasteiger partial charge in [-0.3, -0.25) is 4.79 Å². The van der Waals surface area contributed by atoms with Crippen LogP contribution in [0.15, 0.2) is 24.3 Å². The van der Waals surface area contributed by atoms with E-state index in [-0.39, 0.29) is 5.78 Å². The maximum Gasteiger partial charge on any atom is 0.195 e. The summed E-state index contributed by atoms with van der Waals surface area (Å²) in [4.78, 5) is 10.1. The molecule has 0 atom stereocenters. The highest BCUT2D eigenvalue weighted by atomic mass is 35.5. The van der Waals surface area contributed by atoms with Crippen molar-refractivity contribution in [2.45, 2.75) is 4.84 Å². The SMILES string of the molecule is Nc1ccc(C(=O)C(Cl)Cl)cc1. The Morgan fingerprint density at radius 3 is 2.17 bits per heavy atom. The van der Waals surface area contributed by atoms with Crippen LogP contribution >= 0.6 is 23.2 Å². The largest absolute Gasteiger partial charge is 0.399 e. The molecular formula is C8H7Cl2NO. The third kappa shape index (κ3) is 2.13. The number of halogens is 2. The minimum Gasteiger partial charge on any atom is -0.399 e. The highest BCUT2D eigenvalue weighted by molar-refractivity contribution is 6.55. The molecule has 0 radical (unpaired) electrons. The molecule has 0 amide bonds. The van der Waals surface area contributed by atoms with E-state index >= 15 is 0 Å². The first kappa shape index (κ1) is 9.36. The number of Topliss-reactive ketones (excluding diaryl/α,β-unsaturated/α-hetero) is 1. The molecule has 0 aliphatic rings. The molecule has 1 rings (SSSR count). The summed E-state index contributed by atoms with van der Waals surface area (Å²) in [6.45, 7) is 0. The first-order valence-corrected chi connectivity index (χ1v) is 4.16. The molecule has 4 heteroatoms. The number of ketones is 1. The molecule has 0 bridgehead atoms. The van der Waals surface area contributed by atoms with E-state index in [0.29, 0.717) is 11.3 Å². The second-order valence-corrected chi connectivity index (χ2v) is 3.38. The Morgan fingerprint density at radius 1 is 1.25 bits per heavy atom. The smallest absolute Gasteiger partial charge is 0.195 e. The van der Waals surface area contributed by atoms with Crippen molar-refractivity contribution in [1.29, 1.82) is 0 Å². The van der Waals surface area contributed by atoms with Crippen molar-refractivity contribution < 1.29 is 4.79 Å². The lowest BCUT2D eigenvalue weighted by Crippen LogP contribution is -2.07. The summed E-state index contributed by atoms with van der Waals surface area (Å²) in [6, 6.07) is 6.44. The molecule has 1 aromatic rings. The van der Waals surface area contributed by atoms with Crippen LogP contribution < -0.4 is 5.73 Å². The number of anilines is 1. The maximum absolute atomic E-state index is 11.2. The van der Waals surface area contributed by atoms with Crippen LogP contribution in [0, 0.1) is 0 Å².